The van der Waals surface area contributed by atoms with Crippen LogP contribution in [0, 0.1) is 12.7 Å². The van der Waals surface area contributed by atoms with Crippen molar-refractivity contribution < 1.29 is 44.3 Å². The molecule has 1 heterocycles. The zero-order valence-corrected chi connectivity index (χ0v) is 13.9. The Kier molecular flexibility index (Phi) is 5.17. The van der Waals surface area contributed by atoms with E-state index in [9.17, 15) is 44.3 Å². The Morgan fingerprint density at radius 3 is 2.14 bits per heavy atom. The normalized spacial score (nSPS) is 13.0. The Bertz CT molecular complexity index is 913. The lowest BCUT2D eigenvalue weighted by molar-refractivity contribution is -0.292. The van der Waals surface area contributed by atoms with Crippen molar-refractivity contribution in [3.63, 3.8) is 0 Å². The summed E-state index contributed by atoms with van der Waals surface area (Å²) in [5, 5.41) is 4.13. The third kappa shape index (κ3) is 3.64. The number of alkyl halides is 8. The van der Waals surface area contributed by atoms with E-state index < -0.39 is 52.6 Å². The number of hydrogen-bond donors (Lipinski definition) is 1. The zero-order valence-electron chi connectivity index (χ0n) is 13.9. The van der Waals surface area contributed by atoms with Gasteiger partial charge in [-0.05, 0) is 18.6 Å². The smallest absolute Gasteiger partial charge is 0.306 e. The number of anilines is 1. The number of benzene rings is 1. The van der Waals surface area contributed by atoms with E-state index >= 15 is 0 Å². The SMILES string of the molecule is Cc1cccc(C(=O)Nc2c(C(F)(F)F)c(C(F)(F)C(F)(F)F)nn2C)c1F. The Hall–Kier alpha value is -2.73. The van der Waals surface area contributed by atoms with Crippen molar-refractivity contribution in [3.8, 4) is 0 Å². The molecule has 0 saturated heterocycles. The maximum Gasteiger partial charge on any atom is 0.459 e. The summed E-state index contributed by atoms with van der Waals surface area (Å²) >= 11 is 0. The van der Waals surface area contributed by atoms with Crippen LogP contribution < -0.4 is 5.32 Å². The summed E-state index contributed by atoms with van der Waals surface area (Å²) in [6.07, 6.45) is -12.1. The molecule has 154 valence electrons. The highest BCUT2D eigenvalue weighted by molar-refractivity contribution is 6.04. The first-order valence-corrected chi connectivity index (χ1v) is 7.24. The minimum absolute atomic E-state index is 0.00338. The first-order chi connectivity index (χ1) is 12.6. The molecule has 0 fully saturated rings. The van der Waals surface area contributed by atoms with E-state index in [1.54, 1.807) is 0 Å². The van der Waals surface area contributed by atoms with Crippen LogP contribution in [0.3, 0.4) is 0 Å². The van der Waals surface area contributed by atoms with Crippen molar-refractivity contribution in [1.82, 2.24) is 9.78 Å². The van der Waals surface area contributed by atoms with Crippen LogP contribution in [0.2, 0.25) is 0 Å². The van der Waals surface area contributed by atoms with Gasteiger partial charge in [-0.1, -0.05) is 12.1 Å². The second kappa shape index (κ2) is 6.71. The van der Waals surface area contributed by atoms with Gasteiger partial charge in [0, 0.05) is 7.05 Å². The largest absolute Gasteiger partial charge is 0.459 e. The summed E-state index contributed by atoms with van der Waals surface area (Å²) in [6.45, 7) is 1.25. The molecule has 0 saturated carbocycles. The fraction of sp³-hybridized carbons (Fsp3) is 0.333. The van der Waals surface area contributed by atoms with Crippen molar-refractivity contribution in [2.24, 2.45) is 7.05 Å². The van der Waals surface area contributed by atoms with Crippen LogP contribution in [0.1, 0.15) is 27.2 Å². The molecule has 2 aromatic rings. The molecule has 0 aliphatic heterocycles. The van der Waals surface area contributed by atoms with Gasteiger partial charge in [-0.25, -0.2) is 4.39 Å². The van der Waals surface area contributed by atoms with E-state index in [0.717, 1.165) is 6.07 Å². The molecule has 0 spiro atoms. The highest BCUT2D eigenvalue weighted by Crippen LogP contribution is 2.49. The molecule has 1 aromatic carbocycles. The molecular weight excluding hydrogens is 409 g/mol. The maximum absolute atomic E-state index is 14.0. The summed E-state index contributed by atoms with van der Waals surface area (Å²) < 4.78 is 118. The van der Waals surface area contributed by atoms with E-state index in [1.807, 2.05) is 0 Å². The quantitative estimate of drug-likeness (QED) is 0.728. The summed E-state index contributed by atoms with van der Waals surface area (Å²) in [4.78, 5) is 12.1. The standard InChI is InChI=1S/C15H10F9N3O/c1-6-4-3-5-7(9(6)16)12(28)25-11-8(14(19,20)21)10(26-27(11)2)13(17,18)15(22,23)24/h3-5H,1-2H3,(H,25,28). The van der Waals surface area contributed by atoms with Crippen LogP contribution in [0.25, 0.3) is 0 Å². The average molecular weight is 419 g/mol. The van der Waals surface area contributed by atoms with Gasteiger partial charge in [0.05, 0.1) is 5.56 Å². The van der Waals surface area contributed by atoms with E-state index in [-0.39, 0.29) is 10.2 Å². The second-order valence-electron chi connectivity index (χ2n) is 5.66. The summed E-state index contributed by atoms with van der Waals surface area (Å²) in [6, 6.07) is 3.34. The fourth-order valence-corrected chi connectivity index (χ4v) is 2.29. The van der Waals surface area contributed by atoms with Gasteiger partial charge in [-0.15, -0.1) is 0 Å². The third-order valence-electron chi connectivity index (χ3n) is 3.65. The summed E-state index contributed by atoms with van der Waals surface area (Å²) in [5.41, 5.74) is -5.90. The van der Waals surface area contributed by atoms with Crippen molar-refractivity contribution in [1.29, 1.82) is 0 Å². The number of hydrogen-bond acceptors (Lipinski definition) is 2. The van der Waals surface area contributed by atoms with Gasteiger partial charge in [0.25, 0.3) is 5.91 Å². The van der Waals surface area contributed by atoms with Gasteiger partial charge >= 0.3 is 18.3 Å². The summed E-state index contributed by atoms with van der Waals surface area (Å²) in [7, 11) is 0.618. The van der Waals surface area contributed by atoms with Gasteiger partial charge in [-0.3, -0.25) is 9.48 Å². The number of amides is 1. The second-order valence-corrected chi connectivity index (χ2v) is 5.66. The van der Waals surface area contributed by atoms with Crippen molar-refractivity contribution in [3.05, 3.63) is 46.4 Å². The molecule has 4 nitrogen and oxygen atoms in total. The predicted octanol–water partition coefficient (Wildman–Crippen LogP) is 4.79. The first-order valence-electron chi connectivity index (χ1n) is 7.24. The lowest BCUT2D eigenvalue weighted by Gasteiger charge is -2.19. The third-order valence-corrected chi connectivity index (χ3v) is 3.65. The Labute approximate surface area is 150 Å². The van der Waals surface area contributed by atoms with E-state index in [4.69, 9.17) is 0 Å². The highest BCUT2D eigenvalue weighted by atomic mass is 19.4. The van der Waals surface area contributed by atoms with Crippen LogP contribution in [0.15, 0.2) is 18.2 Å². The first kappa shape index (κ1) is 21.6. The molecule has 1 aromatic heterocycles. The Morgan fingerprint density at radius 1 is 1.07 bits per heavy atom. The molecule has 1 amide bonds. The minimum atomic E-state index is -6.37. The summed E-state index contributed by atoms with van der Waals surface area (Å²) in [5.74, 6) is -10.0. The van der Waals surface area contributed by atoms with Crippen molar-refractivity contribution >= 4 is 11.7 Å². The Balaban J connectivity index is 2.63. The van der Waals surface area contributed by atoms with Gasteiger partial charge in [0.15, 0.2) is 5.69 Å². The molecule has 0 bridgehead atoms. The molecule has 28 heavy (non-hydrogen) atoms. The number of nitrogens with zero attached hydrogens (tertiary/aromatic N) is 2. The van der Waals surface area contributed by atoms with E-state index in [1.165, 1.54) is 24.4 Å². The van der Waals surface area contributed by atoms with Gasteiger partial charge < -0.3 is 5.32 Å². The topological polar surface area (TPSA) is 46.9 Å². The van der Waals surface area contributed by atoms with Crippen LogP contribution in [0.4, 0.5) is 45.3 Å². The number of carbonyl (C=O) groups is 1. The minimum Gasteiger partial charge on any atom is -0.306 e. The molecule has 0 unspecified atom stereocenters. The highest BCUT2D eigenvalue weighted by Gasteiger charge is 2.64. The maximum atomic E-state index is 14.0. The molecule has 2 rings (SSSR count). The van der Waals surface area contributed by atoms with E-state index in [0.29, 0.717) is 7.05 Å². The Morgan fingerprint density at radius 2 is 1.64 bits per heavy atom. The lowest BCUT2D eigenvalue weighted by atomic mass is 10.1. The van der Waals surface area contributed by atoms with Gasteiger partial charge in [0.1, 0.15) is 17.2 Å². The molecule has 0 atom stereocenters. The van der Waals surface area contributed by atoms with Gasteiger partial charge in [0.2, 0.25) is 0 Å². The molecular formula is C15H10F9N3O. The monoisotopic (exact) mass is 419 g/mol. The number of halogens is 9. The predicted molar refractivity (Wildman–Crippen MR) is 77.2 cm³/mol. The number of nitrogens with one attached hydrogen (secondary N) is 1. The molecule has 1 N–H and O–H groups in total. The number of carbonyl (C=O) groups excluding carboxylic acids is 1. The molecule has 0 aliphatic carbocycles. The molecule has 13 heteroatoms. The van der Waals surface area contributed by atoms with Gasteiger partial charge in [-0.2, -0.15) is 40.2 Å². The van der Waals surface area contributed by atoms with Crippen molar-refractivity contribution in [2.45, 2.75) is 25.2 Å². The van der Waals surface area contributed by atoms with E-state index in [2.05, 4.69) is 5.10 Å². The van der Waals surface area contributed by atoms with Crippen LogP contribution >= 0.6 is 0 Å². The zero-order chi connectivity index (χ0) is 21.7. The number of aromatic nitrogens is 2. The number of rotatable bonds is 3. The van der Waals surface area contributed by atoms with Crippen LogP contribution in [0.5, 0.6) is 0 Å². The van der Waals surface area contributed by atoms with Crippen LogP contribution in [-0.2, 0) is 19.1 Å². The fourth-order valence-electron chi connectivity index (χ4n) is 2.29. The number of aryl methyl sites for hydroxylation is 2. The lowest BCUT2D eigenvalue weighted by Crippen LogP contribution is -2.36. The van der Waals surface area contributed by atoms with Crippen molar-refractivity contribution in [2.75, 3.05) is 5.32 Å². The molecule has 0 radical (unpaired) electrons. The van der Waals surface area contributed by atoms with Crippen LogP contribution in [-0.4, -0.2) is 21.9 Å². The molecule has 0 aliphatic rings. The average Bonchev–Trinajstić information content (AvgIpc) is 2.86.